The predicted molar refractivity (Wildman–Crippen MR) is 110 cm³/mol. The van der Waals surface area contributed by atoms with Crippen molar-refractivity contribution >= 4 is 35.0 Å². The number of rotatable bonds is 7. The van der Waals surface area contributed by atoms with E-state index in [1.165, 1.54) is 11.1 Å². The van der Waals surface area contributed by atoms with Gasteiger partial charge in [-0.15, -0.1) is 0 Å². The van der Waals surface area contributed by atoms with Crippen LogP contribution in [-0.4, -0.2) is 30.0 Å². The van der Waals surface area contributed by atoms with Gasteiger partial charge in [0.05, 0.1) is 22.7 Å². The minimum absolute atomic E-state index is 0.112. The van der Waals surface area contributed by atoms with Gasteiger partial charge in [-0.3, -0.25) is 9.59 Å². The number of aliphatic hydroxyl groups excluding tert-OH is 1. The van der Waals surface area contributed by atoms with Gasteiger partial charge in [0.1, 0.15) is 0 Å². The number of nitrogens with one attached hydrogen (secondary N) is 2. The van der Waals surface area contributed by atoms with E-state index in [0.717, 1.165) is 19.3 Å². The van der Waals surface area contributed by atoms with Crippen molar-refractivity contribution in [3.63, 3.8) is 0 Å². The van der Waals surface area contributed by atoms with Crippen molar-refractivity contribution in [3.05, 3.63) is 68.7 Å². The Bertz CT molecular complexity index is 886. The Labute approximate surface area is 174 Å². The fourth-order valence-corrected chi connectivity index (χ4v) is 3.58. The fourth-order valence-electron chi connectivity index (χ4n) is 3.27. The summed E-state index contributed by atoms with van der Waals surface area (Å²) in [5.74, 6) is -0.573. The van der Waals surface area contributed by atoms with Gasteiger partial charge in [-0.2, -0.15) is 0 Å². The first-order valence-corrected chi connectivity index (χ1v) is 9.99. The van der Waals surface area contributed by atoms with Crippen LogP contribution in [0.1, 0.15) is 46.0 Å². The second-order valence-electron chi connectivity index (χ2n) is 6.85. The summed E-state index contributed by atoms with van der Waals surface area (Å²) in [7, 11) is 0. The molecule has 1 aliphatic rings. The predicted octanol–water partition coefficient (Wildman–Crippen LogP) is 3.45. The number of hydrogen-bond acceptors (Lipinski definition) is 3. The summed E-state index contributed by atoms with van der Waals surface area (Å²) in [5, 5.41) is 16.3. The summed E-state index contributed by atoms with van der Waals surface area (Å²) in [4.78, 5) is 24.2. The second kappa shape index (κ2) is 9.41. The summed E-state index contributed by atoms with van der Waals surface area (Å²) in [6.45, 7) is 0.160. The van der Waals surface area contributed by atoms with Gasteiger partial charge in [-0.05, 0) is 66.6 Å². The molecular weight excluding hydrogens is 399 g/mol. The standard InChI is InChI=1S/C21H22Cl2N2O3/c22-17-7-6-15(11-18(17)23)19(26)8-9-24-20(27)12-25-21(28)16-5-4-13-2-1-3-14(13)10-16/h4-7,10-11,19,26H,1-3,8-9,12H2,(H,24,27)(H,25,28)/t19-/m1/s1. The van der Waals surface area contributed by atoms with E-state index < -0.39 is 6.10 Å². The van der Waals surface area contributed by atoms with Crippen LogP contribution in [0.3, 0.4) is 0 Å². The van der Waals surface area contributed by atoms with Crippen molar-refractivity contribution in [2.75, 3.05) is 13.1 Å². The number of hydrogen-bond donors (Lipinski definition) is 3. The number of carbonyl (C=O) groups excluding carboxylic acids is 2. The molecule has 28 heavy (non-hydrogen) atoms. The minimum atomic E-state index is -0.768. The number of aryl methyl sites for hydroxylation is 2. The molecular formula is C21H22Cl2N2O3. The molecule has 7 heteroatoms. The monoisotopic (exact) mass is 420 g/mol. The van der Waals surface area contributed by atoms with Gasteiger partial charge >= 0.3 is 0 Å². The maximum absolute atomic E-state index is 12.2. The number of fused-ring (bicyclic) bond motifs is 1. The van der Waals surface area contributed by atoms with Crippen molar-refractivity contribution in [1.82, 2.24) is 10.6 Å². The van der Waals surface area contributed by atoms with Gasteiger partial charge in [-0.25, -0.2) is 0 Å². The van der Waals surface area contributed by atoms with Crippen LogP contribution in [0.2, 0.25) is 10.0 Å². The Balaban J connectivity index is 1.40. The van der Waals surface area contributed by atoms with Crippen LogP contribution < -0.4 is 10.6 Å². The van der Waals surface area contributed by atoms with Gasteiger partial charge in [-0.1, -0.05) is 35.3 Å². The third-order valence-corrected chi connectivity index (χ3v) is 5.58. The Morgan fingerprint density at radius 3 is 2.57 bits per heavy atom. The molecule has 2 amide bonds. The average molecular weight is 421 g/mol. The molecule has 1 atom stereocenters. The van der Waals surface area contributed by atoms with Crippen LogP contribution >= 0.6 is 23.2 Å². The SMILES string of the molecule is O=C(CNC(=O)c1ccc2c(c1)CCC2)NCC[C@@H](O)c1ccc(Cl)c(Cl)c1. The summed E-state index contributed by atoms with van der Waals surface area (Å²) >= 11 is 11.8. The zero-order valence-corrected chi connectivity index (χ0v) is 16.8. The van der Waals surface area contributed by atoms with Crippen molar-refractivity contribution in [2.24, 2.45) is 0 Å². The highest BCUT2D eigenvalue weighted by atomic mass is 35.5. The van der Waals surface area contributed by atoms with E-state index >= 15 is 0 Å². The smallest absolute Gasteiger partial charge is 0.251 e. The summed E-state index contributed by atoms with van der Waals surface area (Å²) in [5.41, 5.74) is 3.72. The maximum atomic E-state index is 12.2. The second-order valence-corrected chi connectivity index (χ2v) is 7.66. The van der Waals surface area contributed by atoms with E-state index in [1.807, 2.05) is 12.1 Å². The lowest BCUT2D eigenvalue weighted by Gasteiger charge is -2.13. The molecule has 1 aliphatic carbocycles. The molecule has 0 unspecified atom stereocenters. The number of aliphatic hydroxyl groups is 1. The fraction of sp³-hybridized carbons (Fsp3) is 0.333. The molecule has 3 rings (SSSR count). The topological polar surface area (TPSA) is 78.4 Å². The highest BCUT2D eigenvalue weighted by Gasteiger charge is 2.15. The summed E-state index contributed by atoms with van der Waals surface area (Å²) in [6, 6.07) is 10.6. The van der Waals surface area contributed by atoms with Gasteiger partial charge < -0.3 is 15.7 Å². The number of amides is 2. The highest BCUT2D eigenvalue weighted by molar-refractivity contribution is 6.42. The quantitative estimate of drug-likeness (QED) is 0.641. The third-order valence-electron chi connectivity index (χ3n) is 4.84. The number of benzene rings is 2. The highest BCUT2D eigenvalue weighted by Crippen LogP contribution is 2.26. The minimum Gasteiger partial charge on any atom is -0.388 e. The zero-order chi connectivity index (χ0) is 20.1. The Hall–Kier alpha value is -2.08. The molecule has 0 aromatic heterocycles. The molecule has 0 saturated heterocycles. The van der Waals surface area contributed by atoms with E-state index in [4.69, 9.17) is 23.2 Å². The Morgan fingerprint density at radius 1 is 1.00 bits per heavy atom. The van der Waals surface area contributed by atoms with Crippen LogP contribution in [0.25, 0.3) is 0 Å². The van der Waals surface area contributed by atoms with Crippen molar-refractivity contribution in [3.8, 4) is 0 Å². The van der Waals surface area contributed by atoms with Crippen molar-refractivity contribution in [2.45, 2.75) is 31.8 Å². The van der Waals surface area contributed by atoms with Gasteiger partial charge in [0, 0.05) is 12.1 Å². The molecule has 0 bridgehead atoms. The van der Waals surface area contributed by atoms with Gasteiger partial charge in [0.2, 0.25) is 5.91 Å². The zero-order valence-electron chi connectivity index (χ0n) is 15.3. The van der Waals surface area contributed by atoms with Crippen LogP contribution in [0.15, 0.2) is 36.4 Å². The molecule has 0 spiro atoms. The first kappa shape index (κ1) is 20.6. The number of carbonyl (C=O) groups is 2. The van der Waals surface area contributed by atoms with Crippen molar-refractivity contribution in [1.29, 1.82) is 0 Å². The Morgan fingerprint density at radius 2 is 1.79 bits per heavy atom. The van der Waals surface area contributed by atoms with Crippen LogP contribution in [0.4, 0.5) is 0 Å². The van der Waals surface area contributed by atoms with E-state index in [1.54, 1.807) is 24.3 Å². The molecule has 0 heterocycles. The maximum Gasteiger partial charge on any atom is 0.251 e. The first-order chi connectivity index (χ1) is 13.4. The van der Waals surface area contributed by atoms with Gasteiger partial charge in [0.15, 0.2) is 0 Å². The molecule has 0 saturated carbocycles. The molecule has 148 valence electrons. The van der Waals surface area contributed by atoms with E-state index in [2.05, 4.69) is 10.6 Å². The largest absolute Gasteiger partial charge is 0.388 e. The molecule has 5 nitrogen and oxygen atoms in total. The number of halogens is 2. The molecule has 0 fully saturated rings. The van der Waals surface area contributed by atoms with E-state index in [-0.39, 0.29) is 24.9 Å². The van der Waals surface area contributed by atoms with Crippen LogP contribution in [0, 0.1) is 0 Å². The molecule has 2 aromatic carbocycles. The average Bonchev–Trinajstić information content (AvgIpc) is 3.16. The normalized spacial score (nSPS) is 13.7. The summed E-state index contributed by atoms with van der Waals surface area (Å²) < 4.78 is 0. The van der Waals surface area contributed by atoms with Crippen LogP contribution in [-0.2, 0) is 17.6 Å². The first-order valence-electron chi connectivity index (χ1n) is 9.24. The van der Waals surface area contributed by atoms with Crippen molar-refractivity contribution < 1.29 is 14.7 Å². The van der Waals surface area contributed by atoms with E-state index in [0.29, 0.717) is 27.6 Å². The summed E-state index contributed by atoms with van der Waals surface area (Å²) in [6.07, 6.45) is 2.74. The van der Waals surface area contributed by atoms with Gasteiger partial charge in [0.25, 0.3) is 5.91 Å². The Kier molecular flexibility index (Phi) is 6.94. The molecule has 3 N–H and O–H groups in total. The lowest BCUT2D eigenvalue weighted by Crippen LogP contribution is -2.37. The molecule has 0 aliphatic heterocycles. The molecule has 2 aromatic rings. The lowest BCUT2D eigenvalue weighted by molar-refractivity contribution is -0.120. The third kappa shape index (κ3) is 5.25. The van der Waals surface area contributed by atoms with E-state index in [9.17, 15) is 14.7 Å². The lowest BCUT2D eigenvalue weighted by atomic mass is 10.1. The van der Waals surface area contributed by atoms with Crippen LogP contribution in [0.5, 0.6) is 0 Å². The molecule has 0 radical (unpaired) electrons.